The highest BCUT2D eigenvalue weighted by molar-refractivity contribution is 5.88. The SMILES string of the molecule is CN1C(=O)C[C@H](C(=O)O)C12CCN(Cc1cn[nH]c1C(=O)O)CC2. The van der Waals surface area contributed by atoms with Gasteiger partial charge < -0.3 is 15.1 Å². The van der Waals surface area contributed by atoms with Crippen LogP contribution in [0.4, 0.5) is 0 Å². The Bertz CT molecular complexity index is 677. The molecule has 2 fully saturated rings. The van der Waals surface area contributed by atoms with Crippen LogP contribution in [0.15, 0.2) is 6.20 Å². The summed E-state index contributed by atoms with van der Waals surface area (Å²) in [5, 5.41) is 24.8. The lowest BCUT2D eigenvalue weighted by atomic mass is 9.77. The van der Waals surface area contributed by atoms with Gasteiger partial charge in [-0.15, -0.1) is 0 Å². The van der Waals surface area contributed by atoms with Crippen LogP contribution in [-0.4, -0.2) is 73.7 Å². The maximum atomic E-state index is 12.0. The maximum Gasteiger partial charge on any atom is 0.354 e. The molecule has 1 atom stereocenters. The van der Waals surface area contributed by atoms with Crippen LogP contribution in [0.2, 0.25) is 0 Å². The molecule has 2 saturated heterocycles. The number of carboxylic acid groups (broad SMARTS) is 2. The zero-order valence-corrected chi connectivity index (χ0v) is 13.4. The van der Waals surface area contributed by atoms with Crippen LogP contribution in [0.3, 0.4) is 0 Å². The van der Waals surface area contributed by atoms with E-state index in [1.807, 2.05) is 0 Å². The smallest absolute Gasteiger partial charge is 0.354 e. The number of carboxylic acids is 2. The van der Waals surface area contributed by atoms with Gasteiger partial charge in [-0.1, -0.05) is 0 Å². The van der Waals surface area contributed by atoms with Crippen LogP contribution in [0.25, 0.3) is 0 Å². The molecule has 0 aliphatic carbocycles. The van der Waals surface area contributed by atoms with Crippen molar-refractivity contribution < 1.29 is 24.6 Å². The van der Waals surface area contributed by atoms with E-state index in [9.17, 15) is 19.5 Å². The number of likely N-dealkylation sites (tertiary alicyclic amines) is 2. The number of H-pyrrole nitrogens is 1. The summed E-state index contributed by atoms with van der Waals surface area (Å²) in [6, 6.07) is 0. The molecule has 1 aromatic heterocycles. The Morgan fingerprint density at radius 2 is 2.04 bits per heavy atom. The minimum Gasteiger partial charge on any atom is -0.481 e. The first-order chi connectivity index (χ1) is 11.3. The molecule has 0 saturated carbocycles. The van der Waals surface area contributed by atoms with Crippen molar-refractivity contribution in [1.29, 1.82) is 0 Å². The Hall–Kier alpha value is -2.42. The van der Waals surface area contributed by atoms with Crippen LogP contribution < -0.4 is 0 Å². The van der Waals surface area contributed by atoms with Gasteiger partial charge in [0.15, 0.2) is 0 Å². The molecule has 130 valence electrons. The molecule has 0 radical (unpaired) electrons. The number of nitrogens with one attached hydrogen (secondary N) is 1. The molecule has 9 nitrogen and oxygen atoms in total. The quantitative estimate of drug-likeness (QED) is 0.706. The van der Waals surface area contributed by atoms with Crippen molar-refractivity contribution in [2.24, 2.45) is 5.92 Å². The summed E-state index contributed by atoms with van der Waals surface area (Å²) in [5.41, 5.74) is 0.0433. The first-order valence-electron chi connectivity index (χ1n) is 7.82. The summed E-state index contributed by atoms with van der Waals surface area (Å²) >= 11 is 0. The second kappa shape index (κ2) is 5.90. The van der Waals surface area contributed by atoms with E-state index in [2.05, 4.69) is 15.1 Å². The molecule has 0 unspecified atom stereocenters. The summed E-state index contributed by atoms with van der Waals surface area (Å²) in [6.45, 7) is 1.64. The second-order valence-corrected chi connectivity index (χ2v) is 6.50. The zero-order chi connectivity index (χ0) is 17.5. The number of piperidine rings is 1. The summed E-state index contributed by atoms with van der Waals surface area (Å²) in [5.74, 6) is -2.79. The molecule has 1 aromatic rings. The van der Waals surface area contributed by atoms with Gasteiger partial charge in [0, 0.05) is 38.7 Å². The second-order valence-electron chi connectivity index (χ2n) is 6.50. The fourth-order valence-corrected chi connectivity index (χ4v) is 3.94. The van der Waals surface area contributed by atoms with Gasteiger partial charge in [0.05, 0.1) is 17.7 Å². The predicted molar refractivity (Wildman–Crippen MR) is 81.3 cm³/mol. The fourth-order valence-electron chi connectivity index (χ4n) is 3.94. The van der Waals surface area contributed by atoms with E-state index in [0.717, 1.165) is 0 Å². The number of aliphatic carboxylic acids is 1. The molecule has 3 rings (SSSR count). The van der Waals surface area contributed by atoms with E-state index < -0.39 is 23.4 Å². The van der Waals surface area contributed by atoms with E-state index in [1.165, 1.54) is 6.20 Å². The molecule has 1 amide bonds. The number of rotatable bonds is 4. The largest absolute Gasteiger partial charge is 0.481 e. The van der Waals surface area contributed by atoms with Gasteiger partial charge in [0.25, 0.3) is 0 Å². The molecule has 3 heterocycles. The number of carbonyl (C=O) groups is 3. The van der Waals surface area contributed by atoms with Crippen molar-refractivity contribution in [2.45, 2.75) is 31.3 Å². The third kappa shape index (κ3) is 2.54. The average molecular weight is 336 g/mol. The Labute approximate surface area is 138 Å². The van der Waals surface area contributed by atoms with Crippen LogP contribution in [0, 0.1) is 5.92 Å². The minimum absolute atomic E-state index is 0.0523. The Balaban J connectivity index is 1.71. The van der Waals surface area contributed by atoms with Crippen molar-refractivity contribution in [2.75, 3.05) is 20.1 Å². The lowest BCUT2D eigenvalue weighted by molar-refractivity contribution is -0.146. The normalized spacial score (nSPS) is 23.8. The summed E-state index contributed by atoms with van der Waals surface area (Å²) in [4.78, 5) is 38.3. The minimum atomic E-state index is -1.05. The number of nitrogens with zero attached hydrogens (tertiary/aromatic N) is 3. The molecule has 1 spiro atoms. The first kappa shape index (κ1) is 16.4. The number of aromatic carboxylic acids is 1. The van der Waals surface area contributed by atoms with Crippen LogP contribution in [0.1, 0.15) is 35.3 Å². The van der Waals surface area contributed by atoms with Crippen molar-refractivity contribution in [3.05, 3.63) is 17.5 Å². The lowest BCUT2D eigenvalue weighted by Gasteiger charge is -2.45. The lowest BCUT2D eigenvalue weighted by Crippen LogP contribution is -2.55. The van der Waals surface area contributed by atoms with E-state index in [1.54, 1.807) is 11.9 Å². The Morgan fingerprint density at radius 1 is 1.38 bits per heavy atom. The highest BCUT2D eigenvalue weighted by Gasteiger charge is 2.55. The summed E-state index contributed by atoms with van der Waals surface area (Å²) in [6.07, 6.45) is 2.68. The molecule has 24 heavy (non-hydrogen) atoms. The first-order valence-corrected chi connectivity index (χ1v) is 7.82. The highest BCUT2D eigenvalue weighted by Crippen LogP contribution is 2.43. The van der Waals surface area contributed by atoms with Gasteiger partial charge in [-0.3, -0.25) is 19.6 Å². The topological polar surface area (TPSA) is 127 Å². The van der Waals surface area contributed by atoms with E-state index in [0.29, 0.717) is 38.0 Å². The Morgan fingerprint density at radius 3 is 2.62 bits per heavy atom. The predicted octanol–water partition coefficient (Wildman–Crippen LogP) is 0.00540. The molecule has 2 aliphatic rings. The number of hydrogen-bond acceptors (Lipinski definition) is 5. The van der Waals surface area contributed by atoms with Crippen molar-refractivity contribution in [3.8, 4) is 0 Å². The van der Waals surface area contributed by atoms with Gasteiger partial charge in [-0.05, 0) is 12.8 Å². The Kier molecular flexibility index (Phi) is 4.04. The average Bonchev–Trinajstić information content (AvgIpc) is 3.09. The maximum absolute atomic E-state index is 12.0. The molecule has 2 aliphatic heterocycles. The third-order valence-corrected chi connectivity index (χ3v) is 5.42. The van der Waals surface area contributed by atoms with Crippen LogP contribution >= 0.6 is 0 Å². The summed E-state index contributed by atoms with van der Waals surface area (Å²) in [7, 11) is 1.68. The third-order valence-electron chi connectivity index (χ3n) is 5.42. The molecule has 3 N–H and O–H groups in total. The molecule has 0 bridgehead atoms. The molecule has 9 heteroatoms. The van der Waals surface area contributed by atoms with Gasteiger partial charge >= 0.3 is 11.9 Å². The number of aromatic amines is 1. The molecular weight excluding hydrogens is 316 g/mol. The van der Waals surface area contributed by atoms with E-state index >= 15 is 0 Å². The fraction of sp³-hybridized carbons (Fsp3) is 0.600. The van der Waals surface area contributed by atoms with Gasteiger partial charge in [0.1, 0.15) is 5.69 Å². The van der Waals surface area contributed by atoms with Gasteiger partial charge in [-0.2, -0.15) is 5.10 Å². The number of carbonyl (C=O) groups excluding carboxylic acids is 1. The number of hydrogen-bond donors (Lipinski definition) is 3. The van der Waals surface area contributed by atoms with Crippen molar-refractivity contribution in [1.82, 2.24) is 20.0 Å². The summed E-state index contributed by atoms with van der Waals surface area (Å²) < 4.78 is 0. The van der Waals surface area contributed by atoms with Crippen molar-refractivity contribution in [3.63, 3.8) is 0 Å². The van der Waals surface area contributed by atoms with Crippen LogP contribution in [0.5, 0.6) is 0 Å². The number of aromatic nitrogens is 2. The number of amides is 1. The van der Waals surface area contributed by atoms with E-state index in [4.69, 9.17) is 5.11 Å². The van der Waals surface area contributed by atoms with E-state index in [-0.39, 0.29) is 18.0 Å². The molecule has 0 aromatic carbocycles. The van der Waals surface area contributed by atoms with Gasteiger partial charge in [0.2, 0.25) is 5.91 Å². The zero-order valence-electron chi connectivity index (χ0n) is 13.4. The van der Waals surface area contributed by atoms with Crippen molar-refractivity contribution >= 4 is 17.8 Å². The molecular formula is C15H20N4O5. The highest BCUT2D eigenvalue weighted by atomic mass is 16.4. The van der Waals surface area contributed by atoms with Gasteiger partial charge in [-0.25, -0.2) is 4.79 Å². The monoisotopic (exact) mass is 336 g/mol. The van der Waals surface area contributed by atoms with Crippen LogP contribution in [-0.2, 0) is 16.1 Å². The standard InChI is InChI=1S/C15H20N4O5/c1-18-11(20)6-10(13(21)22)15(18)2-4-19(5-3-15)8-9-7-16-17-12(9)14(23)24/h7,10H,2-6,8H2,1H3,(H,16,17)(H,21,22)(H,23,24)/t10-/m1/s1.